The van der Waals surface area contributed by atoms with E-state index in [2.05, 4.69) is 10.3 Å². The Morgan fingerprint density at radius 2 is 2.45 bits per heavy atom. The molecule has 1 rings (SSSR count). The molecule has 58 valence electrons. The highest BCUT2D eigenvalue weighted by atomic mass is 32.1. The lowest BCUT2D eigenvalue weighted by atomic mass is 10.2. The predicted octanol–water partition coefficient (Wildman–Crippen LogP) is 0.757. The average Bonchev–Trinajstić information content (AvgIpc) is 2.04. The van der Waals surface area contributed by atoms with Crippen LogP contribution in [-0.2, 0) is 0 Å². The Labute approximate surface area is 70.6 Å². The molecule has 0 aliphatic heterocycles. The molecule has 1 heterocycles. The van der Waals surface area contributed by atoms with E-state index in [0.29, 0.717) is 4.99 Å². The third-order valence-electron chi connectivity index (χ3n) is 1.36. The first-order valence-corrected chi connectivity index (χ1v) is 3.58. The van der Waals surface area contributed by atoms with Crippen LogP contribution in [0, 0.1) is 0 Å². The molecule has 0 atom stereocenters. The van der Waals surface area contributed by atoms with Crippen molar-refractivity contribution in [1.82, 2.24) is 4.98 Å². The van der Waals surface area contributed by atoms with E-state index in [1.165, 1.54) is 0 Å². The second kappa shape index (κ2) is 3.30. The van der Waals surface area contributed by atoms with E-state index >= 15 is 0 Å². The topological polar surface area (TPSA) is 50.9 Å². The summed E-state index contributed by atoms with van der Waals surface area (Å²) in [6.45, 7) is 0. The Bertz CT molecular complexity index is 272. The van der Waals surface area contributed by atoms with Crippen molar-refractivity contribution in [3.63, 3.8) is 0 Å². The summed E-state index contributed by atoms with van der Waals surface area (Å²) in [5.41, 5.74) is 7.15. The smallest absolute Gasteiger partial charge is 0.106 e. The van der Waals surface area contributed by atoms with Gasteiger partial charge in [0.15, 0.2) is 0 Å². The van der Waals surface area contributed by atoms with Gasteiger partial charge in [-0.3, -0.25) is 4.98 Å². The van der Waals surface area contributed by atoms with E-state index in [1.54, 1.807) is 25.5 Å². The summed E-state index contributed by atoms with van der Waals surface area (Å²) in [4.78, 5) is 4.31. The third kappa shape index (κ3) is 1.65. The van der Waals surface area contributed by atoms with Crippen molar-refractivity contribution in [3.8, 4) is 0 Å². The van der Waals surface area contributed by atoms with Gasteiger partial charge in [0, 0.05) is 18.8 Å². The van der Waals surface area contributed by atoms with Gasteiger partial charge in [0.25, 0.3) is 0 Å². The van der Waals surface area contributed by atoms with Gasteiger partial charge in [-0.05, 0) is 6.07 Å². The molecule has 0 saturated carbocycles. The maximum atomic E-state index is 5.45. The highest BCUT2D eigenvalue weighted by Gasteiger charge is 2.00. The van der Waals surface area contributed by atoms with Gasteiger partial charge in [-0.1, -0.05) is 12.2 Å². The van der Waals surface area contributed by atoms with E-state index in [4.69, 9.17) is 18.0 Å². The molecule has 0 radical (unpaired) electrons. The minimum absolute atomic E-state index is 0.386. The molecule has 0 aliphatic rings. The molecule has 1 aromatic heterocycles. The molecule has 11 heavy (non-hydrogen) atoms. The van der Waals surface area contributed by atoms with Crippen LogP contribution in [0.15, 0.2) is 18.5 Å². The van der Waals surface area contributed by atoms with Gasteiger partial charge in [-0.25, -0.2) is 0 Å². The normalized spacial score (nSPS) is 9.18. The first-order valence-electron chi connectivity index (χ1n) is 3.17. The van der Waals surface area contributed by atoms with Crippen molar-refractivity contribution < 1.29 is 0 Å². The number of nitrogens with zero attached hydrogens (tertiary/aromatic N) is 1. The quantitative estimate of drug-likeness (QED) is 0.638. The number of rotatable bonds is 2. The molecule has 0 unspecified atom stereocenters. The van der Waals surface area contributed by atoms with Crippen LogP contribution in [0.4, 0.5) is 5.69 Å². The molecule has 0 fully saturated rings. The highest BCUT2D eigenvalue weighted by molar-refractivity contribution is 7.80. The summed E-state index contributed by atoms with van der Waals surface area (Å²) < 4.78 is 0. The number of aromatic nitrogens is 1. The monoisotopic (exact) mass is 167 g/mol. The predicted molar refractivity (Wildman–Crippen MR) is 49.7 cm³/mol. The van der Waals surface area contributed by atoms with Crippen molar-refractivity contribution in [3.05, 3.63) is 24.0 Å². The summed E-state index contributed by atoms with van der Waals surface area (Å²) in [7, 11) is 1.80. The number of hydrogen-bond donors (Lipinski definition) is 2. The van der Waals surface area contributed by atoms with Gasteiger partial charge >= 0.3 is 0 Å². The zero-order chi connectivity index (χ0) is 8.27. The second-order valence-corrected chi connectivity index (χ2v) is 2.48. The van der Waals surface area contributed by atoms with Crippen LogP contribution in [-0.4, -0.2) is 17.0 Å². The maximum absolute atomic E-state index is 5.45. The molecule has 0 saturated heterocycles. The van der Waals surface area contributed by atoms with Gasteiger partial charge in [-0.15, -0.1) is 0 Å². The summed E-state index contributed by atoms with van der Waals surface area (Å²) in [5.74, 6) is 0. The average molecular weight is 167 g/mol. The minimum Gasteiger partial charge on any atom is -0.389 e. The minimum atomic E-state index is 0.386. The summed E-state index contributed by atoms with van der Waals surface area (Å²) in [6, 6.07) is 1.79. The van der Waals surface area contributed by atoms with E-state index < -0.39 is 0 Å². The van der Waals surface area contributed by atoms with Crippen LogP contribution in [0.3, 0.4) is 0 Å². The molecule has 3 nitrogen and oxygen atoms in total. The fraction of sp³-hybridized carbons (Fsp3) is 0.143. The molecule has 0 aliphatic carbocycles. The zero-order valence-corrected chi connectivity index (χ0v) is 6.98. The van der Waals surface area contributed by atoms with Crippen molar-refractivity contribution >= 4 is 22.9 Å². The summed E-state index contributed by atoms with van der Waals surface area (Å²) >= 11 is 4.83. The van der Waals surface area contributed by atoms with Gasteiger partial charge in [-0.2, -0.15) is 0 Å². The first kappa shape index (κ1) is 7.94. The van der Waals surface area contributed by atoms with E-state index in [1.807, 2.05) is 0 Å². The van der Waals surface area contributed by atoms with Crippen LogP contribution in [0.2, 0.25) is 0 Å². The Hall–Kier alpha value is -1.16. The fourth-order valence-corrected chi connectivity index (χ4v) is 0.987. The lowest BCUT2D eigenvalue weighted by molar-refractivity contribution is 1.30. The van der Waals surface area contributed by atoms with Crippen LogP contribution >= 0.6 is 12.2 Å². The SMILES string of the molecule is CNc1cnccc1C(N)=S. The molecule has 3 N–H and O–H groups in total. The van der Waals surface area contributed by atoms with Gasteiger partial charge < -0.3 is 11.1 Å². The summed E-state index contributed by atoms with van der Waals surface area (Å²) in [5, 5.41) is 2.95. The lowest BCUT2D eigenvalue weighted by Crippen LogP contribution is -2.11. The summed E-state index contributed by atoms with van der Waals surface area (Å²) in [6.07, 6.45) is 3.35. The van der Waals surface area contributed by atoms with Crippen molar-refractivity contribution in [2.75, 3.05) is 12.4 Å². The van der Waals surface area contributed by atoms with E-state index in [0.717, 1.165) is 11.3 Å². The number of anilines is 1. The van der Waals surface area contributed by atoms with Crippen LogP contribution < -0.4 is 11.1 Å². The lowest BCUT2D eigenvalue weighted by Gasteiger charge is -2.04. The molecule has 4 heteroatoms. The number of pyridine rings is 1. The molecule has 0 amide bonds. The number of hydrogen-bond acceptors (Lipinski definition) is 3. The molecule has 0 spiro atoms. The first-order chi connectivity index (χ1) is 5.25. The maximum Gasteiger partial charge on any atom is 0.106 e. The van der Waals surface area contributed by atoms with Crippen LogP contribution in [0.1, 0.15) is 5.56 Å². The van der Waals surface area contributed by atoms with Crippen LogP contribution in [0.25, 0.3) is 0 Å². The number of nitrogens with two attached hydrogens (primary N) is 1. The Balaban J connectivity index is 3.12. The van der Waals surface area contributed by atoms with Crippen molar-refractivity contribution in [2.24, 2.45) is 5.73 Å². The fourth-order valence-electron chi connectivity index (χ4n) is 0.809. The Morgan fingerprint density at radius 3 is 2.91 bits per heavy atom. The largest absolute Gasteiger partial charge is 0.389 e. The van der Waals surface area contributed by atoms with E-state index in [9.17, 15) is 0 Å². The number of thiocarbonyl (C=S) groups is 1. The molecule has 1 aromatic rings. The van der Waals surface area contributed by atoms with Gasteiger partial charge in [0.05, 0.1) is 11.9 Å². The standard InChI is InChI=1S/C7H9N3S/c1-9-6-4-10-3-2-5(6)7(8)11/h2-4,9H,1H3,(H2,8,11). The third-order valence-corrected chi connectivity index (χ3v) is 1.58. The molecule has 0 aromatic carbocycles. The van der Waals surface area contributed by atoms with E-state index in [-0.39, 0.29) is 0 Å². The zero-order valence-electron chi connectivity index (χ0n) is 6.16. The van der Waals surface area contributed by atoms with Crippen LogP contribution in [0.5, 0.6) is 0 Å². The molecular weight excluding hydrogens is 158 g/mol. The number of nitrogens with one attached hydrogen (secondary N) is 1. The second-order valence-electron chi connectivity index (χ2n) is 2.04. The Kier molecular flexibility index (Phi) is 2.38. The Morgan fingerprint density at radius 1 is 1.73 bits per heavy atom. The van der Waals surface area contributed by atoms with Gasteiger partial charge in [0.1, 0.15) is 4.99 Å². The van der Waals surface area contributed by atoms with Gasteiger partial charge in [0.2, 0.25) is 0 Å². The molecule has 0 bridgehead atoms. The van der Waals surface area contributed by atoms with Crippen molar-refractivity contribution in [1.29, 1.82) is 0 Å². The molecular formula is C7H9N3S. The van der Waals surface area contributed by atoms with Crippen molar-refractivity contribution in [2.45, 2.75) is 0 Å². The highest BCUT2D eigenvalue weighted by Crippen LogP contribution is 2.11.